The van der Waals surface area contributed by atoms with E-state index in [9.17, 15) is 23.3 Å². The molecular formula is C12H15F3N2O2. The van der Waals surface area contributed by atoms with Crippen LogP contribution in [0.5, 0.6) is 0 Å². The second-order valence-corrected chi connectivity index (χ2v) is 4.40. The quantitative estimate of drug-likeness (QED) is 0.676. The molecule has 0 saturated carbocycles. The Bertz CT molecular complexity index is 473. The molecule has 0 radical (unpaired) electrons. The summed E-state index contributed by atoms with van der Waals surface area (Å²) in [5.41, 5.74) is 4.14. The van der Waals surface area contributed by atoms with Crippen molar-refractivity contribution in [2.75, 3.05) is 0 Å². The Balaban J connectivity index is 3.43. The minimum absolute atomic E-state index is 0.00981. The van der Waals surface area contributed by atoms with Crippen LogP contribution in [0, 0.1) is 10.1 Å². The number of nitro groups is 1. The first kappa shape index (κ1) is 15.4. The van der Waals surface area contributed by atoms with Crippen LogP contribution in [0.1, 0.15) is 37.3 Å². The molecule has 0 heterocycles. The molecule has 0 aromatic heterocycles. The van der Waals surface area contributed by atoms with Gasteiger partial charge in [0, 0.05) is 18.2 Å². The highest BCUT2D eigenvalue weighted by molar-refractivity contribution is 5.43. The van der Waals surface area contributed by atoms with Crippen molar-refractivity contribution in [3.05, 3.63) is 39.4 Å². The number of hydrogen-bond donors (Lipinski definition) is 1. The predicted molar refractivity (Wildman–Crippen MR) is 64.8 cm³/mol. The number of benzene rings is 1. The third-order valence-corrected chi connectivity index (χ3v) is 3.03. The van der Waals surface area contributed by atoms with Gasteiger partial charge in [-0.2, -0.15) is 13.2 Å². The molecule has 1 rings (SSSR count). The highest BCUT2D eigenvalue weighted by atomic mass is 19.4. The van der Waals surface area contributed by atoms with E-state index in [2.05, 4.69) is 0 Å². The fraction of sp³-hybridized carbons (Fsp3) is 0.500. The van der Waals surface area contributed by atoms with E-state index in [0.29, 0.717) is 12.5 Å². The number of nitrogens with two attached hydrogens (primary N) is 1. The Hall–Kier alpha value is -1.63. The highest BCUT2D eigenvalue weighted by Crippen LogP contribution is 2.38. The molecule has 4 nitrogen and oxygen atoms in total. The van der Waals surface area contributed by atoms with E-state index in [4.69, 9.17) is 5.73 Å². The van der Waals surface area contributed by atoms with E-state index in [1.165, 1.54) is 0 Å². The summed E-state index contributed by atoms with van der Waals surface area (Å²) in [4.78, 5) is 9.74. The van der Waals surface area contributed by atoms with Gasteiger partial charge in [-0.1, -0.05) is 13.0 Å². The molecule has 2 atom stereocenters. The van der Waals surface area contributed by atoms with Gasteiger partial charge in [0.1, 0.15) is 0 Å². The molecule has 19 heavy (non-hydrogen) atoms. The summed E-state index contributed by atoms with van der Waals surface area (Å²) in [6.07, 6.45) is -4.21. The van der Waals surface area contributed by atoms with Crippen LogP contribution in [0.15, 0.2) is 18.2 Å². The lowest BCUT2D eigenvalue weighted by molar-refractivity contribution is -0.385. The molecule has 1 aromatic carbocycles. The molecule has 0 aliphatic carbocycles. The van der Waals surface area contributed by atoms with Crippen molar-refractivity contribution in [1.29, 1.82) is 0 Å². The van der Waals surface area contributed by atoms with Crippen LogP contribution in [0.3, 0.4) is 0 Å². The Morgan fingerprint density at radius 3 is 2.37 bits per heavy atom. The van der Waals surface area contributed by atoms with E-state index in [1.807, 2.05) is 0 Å². The maximum atomic E-state index is 13.0. The number of nitrogens with zero attached hydrogens (tertiary/aromatic N) is 1. The average Bonchev–Trinajstić information content (AvgIpc) is 2.28. The number of halogens is 3. The van der Waals surface area contributed by atoms with Gasteiger partial charge in [-0.3, -0.25) is 10.1 Å². The second-order valence-electron chi connectivity index (χ2n) is 4.40. The second kappa shape index (κ2) is 5.56. The first-order valence-electron chi connectivity index (χ1n) is 5.79. The summed E-state index contributed by atoms with van der Waals surface area (Å²) >= 11 is 0. The first-order chi connectivity index (χ1) is 8.68. The van der Waals surface area contributed by atoms with Crippen molar-refractivity contribution in [3.63, 3.8) is 0 Å². The van der Waals surface area contributed by atoms with Crippen LogP contribution in [0.2, 0.25) is 0 Å². The Morgan fingerprint density at radius 1 is 1.42 bits per heavy atom. The maximum absolute atomic E-state index is 13.0. The number of alkyl halides is 3. The molecule has 1 aromatic rings. The Morgan fingerprint density at radius 2 is 2.00 bits per heavy atom. The van der Waals surface area contributed by atoms with Gasteiger partial charge in [0.2, 0.25) is 0 Å². The molecule has 0 aliphatic rings. The van der Waals surface area contributed by atoms with E-state index in [1.54, 1.807) is 13.8 Å². The van der Waals surface area contributed by atoms with Gasteiger partial charge < -0.3 is 5.73 Å². The lowest BCUT2D eigenvalue weighted by Gasteiger charge is -2.23. The van der Waals surface area contributed by atoms with Crippen molar-refractivity contribution in [3.8, 4) is 0 Å². The van der Waals surface area contributed by atoms with Crippen LogP contribution >= 0.6 is 0 Å². The van der Waals surface area contributed by atoms with Crippen LogP contribution < -0.4 is 5.73 Å². The van der Waals surface area contributed by atoms with E-state index in [-0.39, 0.29) is 5.56 Å². The van der Waals surface area contributed by atoms with Gasteiger partial charge in [0.15, 0.2) is 0 Å². The van der Waals surface area contributed by atoms with Gasteiger partial charge in [-0.15, -0.1) is 0 Å². The van der Waals surface area contributed by atoms with E-state index in [0.717, 1.165) is 12.1 Å². The summed E-state index contributed by atoms with van der Waals surface area (Å²) < 4.78 is 39.0. The first-order valence-corrected chi connectivity index (χ1v) is 5.79. The number of nitro benzene ring substituents is 1. The third kappa shape index (κ3) is 3.44. The van der Waals surface area contributed by atoms with Crippen LogP contribution in [0.25, 0.3) is 0 Å². The average molecular weight is 276 g/mol. The lowest BCUT2D eigenvalue weighted by Crippen LogP contribution is -2.26. The zero-order chi connectivity index (χ0) is 14.8. The fourth-order valence-electron chi connectivity index (χ4n) is 2.10. The molecule has 0 amide bonds. The molecule has 0 aliphatic heterocycles. The molecular weight excluding hydrogens is 261 g/mol. The van der Waals surface area contributed by atoms with Crippen molar-refractivity contribution >= 4 is 5.69 Å². The third-order valence-electron chi connectivity index (χ3n) is 3.03. The molecule has 0 spiro atoms. The molecule has 0 saturated heterocycles. The molecule has 106 valence electrons. The van der Waals surface area contributed by atoms with Crippen molar-refractivity contribution in [1.82, 2.24) is 0 Å². The lowest BCUT2D eigenvalue weighted by atomic mass is 9.87. The smallest absolute Gasteiger partial charge is 0.327 e. The number of rotatable bonds is 4. The van der Waals surface area contributed by atoms with E-state index >= 15 is 0 Å². The maximum Gasteiger partial charge on any atom is 0.416 e. The van der Waals surface area contributed by atoms with E-state index < -0.39 is 34.3 Å². The summed E-state index contributed by atoms with van der Waals surface area (Å²) in [6.45, 7) is 3.35. The molecule has 2 N–H and O–H groups in total. The summed E-state index contributed by atoms with van der Waals surface area (Å²) in [7, 11) is 0. The van der Waals surface area contributed by atoms with Gasteiger partial charge >= 0.3 is 6.18 Å². The molecule has 0 fully saturated rings. The number of hydrogen-bond acceptors (Lipinski definition) is 3. The van der Waals surface area contributed by atoms with Gasteiger partial charge in [-0.25, -0.2) is 0 Å². The Labute approximate surface area is 108 Å². The molecule has 2 unspecified atom stereocenters. The van der Waals surface area contributed by atoms with Crippen LogP contribution in [0.4, 0.5) is 18.9 Å². The van der Waals surface area contributed by atoms with Gasteiger partial charge in [-0.05, 0) is 24.8 Å². The predicted octanol–water partition coefficient (Wildman–Crippen LogP) is 3.45. The van der Waals surface area contributed by atoms with Crippen molar-refractivity contribution < 1.29 is 18.1 Å². The summed E-state index contributed by atoms with van der Waals surface area (Å²) in [5.74, 6) is -0.488. The normalized spacial score (nSPS) is 15.1. The minimum Gasteiger partial charge on any atom is -0.327 e. The van der Waals surface area contributed by atoms with Crippen LogP contribution in [-0.4, -0.2) is 11.0 Å². The largest absolute Gasteiger partial charge is 0.416 e. The van der Waals surface area contributed by atoms with Gasteiger partial charge in [0.25, 0.3) is 5.69 Å². The molecule has 0 bridgehead atoms. The topological polar surface area (TPSA) is 69.2 Å². The van der Waals surface area contributed by atoms with Gasteiger partial charge in [0.05, 0.1) is 10.5 Å². The zero-order valence-electron chi connectivity index (χ0n) is 10.6. The fourth-order valence-corrected chi connectivity index (χ4v) is 2.10. The summed E-state index contributed by atoms with van der Waals surface area (Å²) in [6, 6.07) is 2.33. The SMILES string of the molecule is CCC(c1ccc([N+](=O)[O-])cc1C(F)(F)F)C(C)N. The highest BCUT2D eigenvalue weighted by Gasteiger charge is 2.37. The molecule has 7 heteroatoms. The minimum atomic E-state index is -4.64. The van der Waals surface area contributed by atoms with Crippen molar-refractivity contribution in [2.45, 2.75) is 38.4 Å². The summed E-state index contributed by atoms with van der Waals surface area (Å²) in [5, 5.41) is 10.6. The monoisotopic (exact) mass is 276 g/mol. The Kier molecular flexibility index (Phi) is 4.52. The van der Waals surface area contributed by atoms with Crippen molar-refractivity contribution in [2.24, 2.45) is 5.73 Å². The standard InChI is InChI=1S/C12H15F3N2O2/c1-3-9(7(2)16)10-5-4-8(17(18)19)6-11(10)12(13,14)15/h4-7,9H,3,16H2,1-2H3. The van der Waals surface area contributed by atoms with Crippen LogP contribution in [-0.2, 0) is 6.18 Å². The number of non-ortho nitro benzene ring substituents is 1. The zero-order valence-corrected chi connectivity index (χ0v) is 10.6.